The van der Waals surface area contributed by atoms with Crippen LogP contribution in [0.15, 0.2) is 34.4 Å². The predicted octanol–water partition coefficient (Wildman–Crippen LogP) is 1.12. The molecule has 2 aliphatic heterocycles. The number of hydrazone groups is 1. The second-order valence-corrected chi connectivity index (χ2v) is 5.27. The zero-order valence-electron chi connectivity index (χ0n) is 9.41. The Hall–Kier alpha value is -1.86. The molecule has 1 unspecified atom stereocenters. The Morgan fingerprint density at radius 2 is 2.05 bits per heavy atom. The number of nitrogens with two attached hydrogens (primary N) is 1. The van der Waals surface area contributed by atoms with Crippen LogP contribution < -0.4 is 5.73 Å². The zero-order chi connectivity index (χ0) is 13.6. The Kier molecular flexibility index (Phi) is 2.79. The molecule has 8 heteroatoms. The van der Waals surface area contributed by atoms with Crippen LogP contribution in [0, 0.1) is 0 Å². The molecule has 2 N–H and O–H groups in total. The van der Waals surface area contributed by atoms with Gasteiger partial charge in [0, 0.05) is 5.02 Å². The summed E-state index contributed by atoms with van der Waals surface area (Å²) in [6.07, 6.45) is 0. The lowest BCUT2D eigenvalue weighted by molar-refractivity contribution is -0.135. The van der Waals surface area contributed by atoms with Gasteiger partial charge >= 0.3 is 0 Å². The second kappa shape index (κ2) is 4.36. The number of aliphatic imine (C=N–C) groups is 1. The molecule has 19 heavy (non-hydrogen) atoms. The van der Waals surface area contributed by atoms with Gasteiger partial charge in [0.05, 0.1) is 0 Å². The van der Waals surface area contributed by atoms with Crippen molar-refractivity contribution in [2.75, 3.05) is 0 Å². The Morgan fingerprint density at radius 1 is 1.32 bits per heavy atom. The maximum atomic E-state index is 12.3. The number of benzene rings is 1. The number of amidine groups is 2. The molecule has 1 aromatic carbocycles. The first-order valence-corrected chi connectivity index (χ1v) is 6.50. The Labute approximate surface area is 117 Å². The van der Waals surface area contributed by atoms with E-state index in [1.54, 1.807) is 24.3 Å². The quantitative estimate of drug-likeness (QED) is 0.786. The van der Waals surface area contributed by atoms with Crippen LogP contribution in [0.5, 0.6) is 0 Å². The van der Waals surface area contributed by atoms with Gasteiger partial charge in [-0.15, -0.1) is 5.10 Å². The van der Waals surface area contributed by atoms with Gasteiger partial charge in [0.2, 0.25) is 5.17 Å². The third-order valence-electron chi connectivity index (χ3n) is 2.70. The number of carbonyl (C=O) groups is 2. The Morgan fingerprint density at radius 3 is 2.79 bits per heavy atom. The standard InChI is InChI=1S/C11H7ClN4O2S/c12-6-4-2-1-3-5(6)7-8(17)14-11-16(9(7)18)15-10(13)19-11/h1-4,7H,(H2,13,15). The molecule has 2 aliphatic rings. The zero-order valence-corrected chi connectivity index (χ0v) is 11.0. The van der Waals surface area contributed by atoms with Crippen molar-refractivity contribution in [1.82, 2.24) is 5.01 Å². The van der Waals surface area contributed by atoms with E-state index in [-0.39, 0.29) is 10.3 Å². The molecule has 0 fully saturated rings. The number of rotatable bonds is 1. The van der Waals surface area contributed by atoms with Gasteiger partial charge in [-0.3, -0.25) is 9.59 Å². The number of halogens is 1. The van der Waals surface area contributed by atoms with Crippen molar-refractivity contribution in [3.8, 4) is 0 Å². The third kappa shape index (κ3) is 1.91. The number of hydrogen-bond donors (Lipinski definition) is 1. The molecule has 2 amide bonds. The normalized spacial score (nSPS) is 22.2. The molecule has 0 bridgehead atoms. The molecule has 0 saturated carbocycles. The first-order chi connectivity index (χ1) is 9.08. The Bertz CT molecular complexity index is 658. The van der Waals surface area contributed by atoms with Crippen molar-refractivity contribution < 1.29 is 9.59 Å². The van der Waals surface area contributed by atoms with E-state index in [1.165, 1.54) is 0 Å². The average Bonchev–Trinajstić information content (AvgIpc) is 2.72. The van der Waals surface area contributed by atoms with Gasteiger partial charge in [0.25, 0.3) is 11.8 Å². The summed E-state index contributed by atoms with van der Waals surface area (Å²) in [6.45, 7) is 0. The van der Waals surface area contributed by atoms with E-state index in [0.29, 0.717) is 10.6 Å². The number of hydrogen-bond acceptors (Lipinski definition) is 5. The molecule has 1 aromatic rings. The summed E-state index contributed by atoms with van der Waals surface area (Å²) in [5.74, 6) is -2.11. The lowest BCUT2D eigenvalue weighted by atomic mass is 9.96. The molecule has 3 rings (SSSR count). The van der Waals surface area contributed by atoms with E-state index in [4.69, 9.17) is 17.3 Å². The summed E-state index contributed by atoms with van der Waals surface area (Å²) < 4.78 is 0. The molecule has 0 spiro atoms. The molecule has 0 aromatic heterocycles. The number of thioether (sulfide) groups is 1. The van der Waals surface area contributed by atoms with E-state index < -0.39 is 17.7 Å². The molecule has 96 valence electrons. The van der Waals surface area contributed by atoms with Crippen molar-refractivity contribution in [1.29, 1.82) is 0 Å². The molecule has 0 saturated heterocycles. The van der Waals surface area contributed by atoms with Gasteiger partial charge in [-0.05, 0) is 23.4 Å². The highest BCUT2D eigenvalue weighted by Gasteiger charge is 2.43. The van der Waals surface area contributed by atoms with E-state index in [1.807, 2.05) is 0 Å². The summed E-state index contributed by atoms with van der Waals surface area (Å²) >= 11 is 7.01. The molecule has 2 heterocycles. The third-order valence-corrected chi connectivity index (χ3v) is 3.78. The van der Waals surface area contributed by atoms with E-state index in [9.17, 15) is 9.59 Å². The van der Waals surface area contributed by atoms with Crippen LogP contribution in [0.4, 0.5) is 0 Å². The fourth-order valence-corrected chi connectivity index (χ4v) is 2.78. The highest BCUT2D eigenvalue weighted by Crippen LogP contribution is 2.33. The first-order valence-electron chi connectivity index (χ1n) is 5.31. The summed E-state index contributed by atoms with van der Waals surface area (Å²) in [6, 6.07) is 6.67. The lowest BCUT2D eigenvalue weighted by Gasteiger charge is -2.23. The SMILES string of the molecule is NC1=NN2C(=O)C(c3ccccc3Cl)C(=O)N=C2S1. The van der Waals surface area contributed by atoms with Crippen molar-refractivity contribution in [3.05, 3.63) is 34.9 Å². The molecule has 0 radical (unpaired) electrons. The van der Waals surface area contributed by atoms with Crippen molar-refractivity contribution in [2.24, 2.45) is 15.8 Å². The monoisotopic (exact) mass is 294 g/mol. The van der Waals surface area contributed by atoms with E-state index in [0.717, 1.165) is 16.8 Å². The molecule has 6 nitrogen and oxygen atoms in total. The number of amides is 2. The van der Waals surface area contributed by atoms with Crippen LogP contribution >= 0.6 is 23.4 Å². The van der Waals surface area contributed by atoms with Crippen LogP contribution in [0.2, 0.25) is 5.02 Å². The summed E-state index contributed by atoms with van der Waals surface area (Å²) in [5.41, 5.74) is 5.94. The fourth-order valence-electron chi connectivity index (χ4n) is 1.87. The van der Waals surface area contributed by atoms with Crippen molar-refractivity contribution in [2.45, 2.75) is 5.92 Å². The van der Waals surface area contributed by atoms with Gasteiger partial charge in [-0.25, -0.2) is 0 Å². The molecular weight excluding hydrogens is 288 g/mol. The number of fused-ring (bicyclic) bond motifs is 1. The summed E-state index contributed by atoms with van der Waals surface area (Å²) in [4.78, 5) is 28.1. The Balaban J connectivity index is 2.07. The van der Waals surface area contributed by atoms with Gasteiger partial charge in [0.15, 0.2) is 5.17 Å². The first kappa shape index (κ1) is 12.2. The minimum atomic E-state index is -1.06. The van der Waals surface area contributed by atoms with Crippen LogP contribution in [0.1, 0.15) is 11.5 Å². The smallest absolute Gasteiger partial charge is 0.266 e. The average molecular weight is 295 g/mol. The lowest BCUT2D eigenvalue weighted by Crippen LogP contribution is -2.40. The highest BCUT2D eigenvalue weighted by molar-refractivity contribution is 8.26. The van der Waals surface area contributed by atoms with E-state index in [2.05, 4.69) is 10.1 Å². The maximum absolute atomic E-state index is 12.3. The van der Waals surface area contributed by atoms with Crippen LogP contribution in [-0.2, 0) is 9.59 Å². The largest absolute Gasteiger partial charge is 0.376 e. The van der Waals surface area contributed by atoms with E-state index >= 15 is 0 Å². The minimum absolute atomic E-state index is 0.180. The fraction of sp³-hybridized carbons (Fsp3) is 0.0909. The van der Waals surface area contributed by atoms with Crippen molar-refractivity contribution >= 4 is 45.5 Å². The predicted molar refractivity (Wildman–Crippen MR) is 72.7 cm³/mol. The molecule has 1 atom stereocenters. The summed E-state index contributed by atoms with van der Waals surface area (Å²) in [7, 11) is 0. The van der Waals surface area contributed by atoms with Gasteiger partial charge in [0.1, 0.15) is 5.92 Å². The number of carbonyl (C=O) groups excluding carboxylic acids is 2. The summed E-state index contributed by atoms with van der Waals surface area (Å²) in [5, 5.41) is 5.61. The molecule has 0 aliphatic carbocycles. The number of nitrogens with zero attached hydrogens (tertiary/aromatic N) is 3. The van der Waals surface area contributed by atoms with Gasteiger partial charge < -0.3 is 5.73 Å². The topological polar surface area (TPSA) is 88.1 Å². The maximum Gasteiger partial charge on any atom is 0.266 e. The van der Waals surface area contributed by atoms with Crippen LogP contribution in [0.25, 0.3) is 0 Å². The second-order valence-electron chi connectivity index (χ2n) is 3.88. The van der Waals surface area contributed by atoms with Crippen molar-refractivity contribution in [3.63, 3.8) is 0 Å². The van der Waals surface area contributed by atoms with Crippen LogP contribution in [0.3, 0.4) is 0 Å². The van der Waals surface area contributed by atoms with Crippen LogP contribution in [-0.4, -0.2) is 27.2 Å². The van der Waals surface area contributed by atoms with Gasteiger partial charge in [-0.2, -0.15) is 10.0 Å². The molecular formula is C11H7ClN4O2S. The minimum Gasteiger partial charge on any atom is -0.376 e. The van der Waals surface area contributed by atoms with Gasteiger partial charge in [-0.1, -0.05) is 29.8 Å². The highest BCUT2D eigenvalue weighted by atomic mass is 35.5.